The molecule has 21 heavy (non-hydrogen) atoms. The van der Waals surface area contributed by atoms with E-state index in [2.05, 4.69) is 26.9 Å². The molecule has 0 saturated heterocycles. The number of tetrazole rings is 1. The number of nitrogens with zero attached hydrogens (tertiary/aromatic N) is 5. The number of carboxylic acid groups (broad SMARTS) is 1. The molecule has 2 N–H and O–H groups in total. The van der Waals surface area contributed by atoms with Gasteiger partial charge in [0.25, 0.3) is 0 Å². The fraction of sp³-hybridized carbons (Fsp3) is 0.636. The van der Waals surface area contributed by atoms with Crippen molar-refractivity contribution in [3.63, 3.8) is 0 Å². The molecule has 0 aliphatic heterocycles. The van der Waals surface area contributed by atoms with Gasteiger partial charge in [-0.25, -0.2) is 4.68 Å². The normalized spacial score (nSPS) is 16.3. The first kappa shape index (κ1) is 15.2. The Morgan fingerprint density at radius 1 is 1.48 bits per heavy atom. The van der Waals surface area contributed by atoms with Crippen LogP contribution < -0.4 is 5.32 Å². The van der Waals surface area contributed by atoms with Gasteiger partial charge in [0, 0.05) is 0 Å². The van der Waals surface area contributed by atoms with Crippen LogP contribution >= 0.6 is 11.8 Å². The summed E-state index contributed by atoms with van der Waals surface area (Å²) in [7, 11) is 0. The number of aromatic nitrogens is 4. The first-order chi connectivity index (χ1) is 10.0. The summed E-state index contributed by atoms with van der Waals surface area (Å²) >= 11 is 1.04. The highest BCUT2D eigenvalue weighted by Gasteiger charge is 2.35. The molecule has 0 atom stereocenters. The molecule has 0 radical (unpaired) electrons. The van der Waals surface area contributed by atoms with Crippen LogP contribution in [0.3, 0.4) is 0 Å². The van der Waals surface area contributed by atoms with Crippen LogP contribution in [0.5, 0.6) is 0 Å². The van der Waals surface area contributed by atoms with Crippen molar-refractivity contribution < 1.29 is 14.7 Å². The number of carbonyl (C=O) groups excluding carboxylic acids is 1. The summed E-state index contributed by atoms with van der Waals surface area (Å²) < 4.78 is 1.11. The SMILES string of the molecule is N#CC1(NC(=O)CSc2nnnn2CC(=O)O)CCCC1. The maximum Gasteiger partial charge on any atom is 0.325 e. The van der Waals surface area contributed by atoms with Gasteiger partial charge in [0.2, 0.25) is 11.1 Å². The summed E-state index contributed by atoms with van der Waals surface area (Å²) in [6.45, 7) is -0.362. The monoisotopic (exact) mass is 310 g/mol. The number of nitrogens with one attached hydrogen (secondary N) is 1. The molecule has 1 aliphatic rings. The van der Waals surface area contributed by atoms with Gasteiger partial charge in [-0.15, -0.1) is 5.10 Å². The van der Waals surface area contributed by atoms with Crippen LogP contribution in [-0.4, -0.2) is 48.5 Å². The standard InChI is InChI=1S/C11H14N6O3S/c12-7-11(3-1-2-4-11)13-8(18)6-21-10-14-15-16-17(10)5-9(19)20/h1-6H2,(H,13,18)(H,19,20). The first-order valence-electron chi connectivity index (χ1n) is 6.38. The molecule has 1 amide bonds. The van der Waals surface area contributed by atoms with Gasteiger partial charge in [-0.2, -0.15) is 5.26 Å². The number of amides is 1. The van der Waals surface area contributed by atoms with E-state index in [0.717, 1.165) is 29.3 Å². The van der Waals surface area contributed by atoms with Gasteiger partial charge >= 0.3 is 5.97 Å². The van der Waals surface area contributed by atoms with Gasteiger partial charge < -0.3 is 10.4 Å². The van der Waals surface area contributed by atoms with Crippen LogP contribution in [0.1, 0.15) is 25.7 Å². The average Bonchev–Trinajstić information content (AvgIpc) is 3.06. The van der Waals surface area contributed by atoms with E-state index < -0.39 is 11.5 Å². The van der Waals surface area contributed by atoms with Gasteiger partial charge in [-0.05, 0) is 36.1 Å². The van der Waals surface area contributed by atoms with Gasteiger partial charge in [0.15, 0.2) is 0 Å². The van der Waals surface area contributed by atoms with Crippen molar-refractivity contribution in [3.8, 4) is 6.07 Å². The minimum Gasteiger partial charge on any atom is -0.480 e. The Balaban J connectivity index is 1.88. The van der Waals surface area contributed by atoms with Gasteiger partial charge in [-0.1, -0.05) is 11.8 Å². The number of carbonyl (C=O) groups is 2. The molecule has 9 nitrogen and oxygen atoms in total. The smallest absolute Gasteiger partial charge is 0.325 e. The Morgan fingerprint density at radius 2 is 2.19 bits per heavy atom. The van der Waals surface area contributed by atoms with Crippen LogP contribution in [0.15, 0.2) is 5.16 Å². The summed E-state index contributed by atoms with van der Waals surface area (Å²) in [5, 5.41) is 31.5. The van der Waals surface area contributed by atoms with Crippen LogP contribution in [-0.2, 0) is 16.1 Å². The summed E-state index contributed by atoms with van der Waals surface area (Å²) in [5.41, 5.74) is -0.759. The van der Waals surface area contributed by atoms with Crippen LogP contribution in [0.4, 0.5) is 0 Å². The van der Waals surface area contributed by atoms with Crippen molar-refractivity contribution >= 4 is 23.6 Å². The minimum absolute atomic E-state index is 0.0312. The topological polar surface area (TPSA) is 134 Å². The average molecular weight is 310 g/mol. The van der Waals surface area contributed by atoms with E-state index in [1.807, 2.05) is 0 Å². The highest BCUT2D eigenvalue weighted by molar-refractivity contribution is 7.99. The van der Waals surface area contributed by atoms with Crippen molar-refractivity contribution in [2.75, 3.05) is 5.75 Å². The van der Waals surface area contributed by atoms with E-state index in [1.165, 1.54) is 0 Å². The molecule has 0 unspecified atom stereocenters. The molecule has 112 valence electrons. The largest absolute Gasteiger partial charge is 0.480 e. The highest BCUT2D eigenvalue weighted by atomic mass is 32.2. The third-order valence-electron chi connectivity index (χ3n) is 3.17. The van der Waals surface area contributed by atoms with Gasteiger partial charge in [-0.3, -0.25) is 9.59 Å². The Bertz CT molecular complexity index is 575. The van der Waals surface area contributed by atoms with Crippen molar-refractivity contribution in [2.45, 2.75) is 42.9 Å². The van der Waals surface area contributed by atoms with Crippen molar-refractivity contribution in [1.29, 1.82) is 5.26 Å². The molecular weight excluding hydrogens is 296 g/mol. The zero-order chi connectivity index (χ0) is 15.3. The van der Waals surface area contributed by atoms with E-state index in [-0.39, 0.29) is 23.4 Å². The second-order valence-electron chi connectivity index (χ2n) is 4.75. The highest BCUT2D eigenvalue weighted by Crippen LogP contribution is 2.29. The Kier molecular flexibility index (Phi) is 4.74. The van der Waals surface area contributed by atoms with Crippen molar-refractivity contribution in [1.82, 2.24) is 25.5 Å². The number of carboxylic acids is 1. The van der Waals surface area contributed by atoms with Gasteiger partial charge in [0.05, 0.1) is 11.8 Å². The maximum absolute atomic E-state index is 11.9. The lowest BCUT2D eigenvalue weighted by molar-refractivity contribution is -0.138. The number of nitriles is 1. The summed E-state index contributed by atoms with van der Waals surface area (Å²) in [4.78, 5) is 22.5. The summed E-state index contributed by atoms with van der Waals surface area (Å²) in [6.07, 6.45) is 3.18. The molecule has 1 aliphatic carbocycles. The number of rotatable bonds is 6. The van der Waals surface area contributed by atoms with Crippen molar-refractivity contribution in [3.05, 3.63) is 0 Å². The molecule has 1 heterocycles. The predicted molar refractivity (Wildman–Crippen MR) is 71.1 cm³/mol. The van der Waals surface area contributed by atoms with E-state index in [4.69, 9.17) is 5.11 Å². The first-order valence-corrected chi connectivity index (χ1v) is 7.36. The van der Waals surface area contributed by atoms with Gasteiger partial charge in [0.1, 0.15) is 12.1 Å². The zero-order valence-corrected chi connectivity index (χ0v) is 12.0. The predicted octanol–water partition coefficient (Wildman–Crippen LogP) is -0.198. The molecule has 10 heteroatoms. The summed E-state index contributed by atoms with van der Waals surface area (Å²) in [6, 6.07) is 2.17. The number of hydrogen-bond acceptors (Lipinski definition) is 7. The summed E-state index contributed by atoms with van der Waals surface area (Å²) in [5.74, 6) is -1.32. The Hall–Kier alpha value is -2.15. The zero-order valence-electron chi connectivity index (χ0n) is 11.2. The van der Waals surface area contributed by atoms with E-state index in [0.29, 0.717) is 12.8 Å². The lowest BCUT2D eigenvalue weighted by atomic mass is 10.0. The molecule has 0 aromatic carbocycles. The maximum atomic E-state index is 11.9. The lowest BCUT2D eigenvalue weighted by Crippen LogP contribution is -2.45. The fourth-order valence-corrected chi connectivity index (χ4v) is 2.88. The lowest BCUT2D eigenvalue weighted by Gasteiger charge is -2.21. The van der Waals surface area contributed by atoms with E-state index in [1.54, 1.807) is 0 Å². The molecular formula is C11H14N6O3S. The molecule has 1 aromatic rings. The second kappa shape index (κ2) is 6.53. The number of thioether (sulfide) groups is 1. The number of aliphatic carboxylic acids is 1. The Morgan fingerprint density at radius 3 is 2.81 bits per heavy atom. The molecule has 2 rings (SSSR count). The third-order valence-corrected chi connectivity index (χ3v) is 4.12. The second-order valence-corrected chi connectivity index (χ2v) is 5.69. The molecule has 1 aromatic heterocycles. The molecule has 1 saturated carbocycles. The fourth-order valence-electron chi connectivity index (χ4n) is 2.20. The van der Waals surface area contributed by atoms with E-state index in [9.17, 15) is 14.9 Å². The van der Waals surface area contributed by atoms with Crippen LogP contribution in [0.25, 0.3) is 0 Å². The van der Waals surface area contributed by atoms with Crippen LogP contribution in [0, 0.1) is 11.3 Å². The molecule has 0 spiro atoms. The quantitative estimate of drug-likeness (QED) is 0.690. The van der Waals surface area contributed by atoms with E-state index >= 15 is 0 Å². The van der Waals surface area contributed by atoms with Crippen molar-refractivity contribution in [2.24, 2.45) is 0 Å². The third kappa shape index (κ3) is 3.91. The van der Waals surface area contributed by atoms with Crippen LogP contribution in [0.2, 0.25) is 0 Å². The molecule has 0 bridgehead atoms. The molecule has 1 fully saturated rings. The number of hydrogen-bond donors (Lipinski definition) is 2. The Labute approximate surface area is 124 Å². The minimum atomic E-state index is -1.07.